The van der Waals surface area contributed by atoms with Crippen molar-refractivity contribution in [3.8, 4) is 0 Å². The summed E-state index contributed by atoms with van der Waals surface area (Å²) in [5.41, 5.74) is 7.89. The van der Waals surface area contributed by atoms with Crippen LogP contribution >= 0.6 is 0 Å². The van der Waals surface area contributed by atoms with E-state index in [1.807, 2.05) is 11.0 Å². The molecule has 128 valence electrons. The molecule has 1 aliphatic carbocycles. The summed E-state index contributed by atoms with van der Waals surface area (Å²) in [4.78, 5) is 14.4. The van der Waals surface area contributed by atoms with Gasteiger partial charge in [0.2, 0.25) is 5.91 Å². The fourth-order valence-corrected chi connectivity index (χ4v) is 4.31. The Balaban J connectivity index is 2.02. The van der Waals surface area contributed by atoms with E-state index in [9.17, 15) is 4.79 Å². The Bertz CT molecular complexity index is 833. The molecule has 0 N–H and O–H groups in total. The largest absolute Gasteiger partial charge is 0.308 e. The quantitative estimate of drug-likeness (QED) is 0.596. The molecule has 0 radical (unpaired) electrons. The summed E-state index contributed by atoms with van der Waals surface area (Å²) in [6.45, 7) is 2.33. The molecule has 0 fully saturated rings. The van der Waals surface area contributed by atoms with Crippen LogP contribution in [0.2, 0.25) is 0 Å². The molecule has 2 heteroatoms. The van der Waals surface area contributed by atoms with Crippen LogP contribution in [0.4, 0.5) is 5.69 Å². The molecule has 0 aromatic heterocycles. The topological polar surface area (TPSA) is 20.3 Å². The van der Waals surface area contributed by atoms with E-state index in [1.54, 1.807) is 6.92 Å². The van der Waals surface area contributed by atoms with Crippen LogP contribution in [0, 0.1) is 0 Å². The average molecular weight is 331 g/mol. The number of anilines is 1. The van der Waals surface area contributed by atoms with E-state index in [0.29, 0.717) is 6.54 Å². The fourth-order valence-electron chi connectivity index (χ4n) is 4.31. The highest BCUT2D eigenvalue weighted by Gasteiger charge is 2.25. The van der Waals surface area contributed by atoms with Crippen LogP contribution in [0.1, 0.15) is 62.1 Å². The number of nitrogens with zero attached hydrogens (tertiary/aromatic N) is 1. The van der Waals surface area contributed by atoms with Gasteiger partial charge in [0.15, 0.2) is 0 Å². The second-order valence-electron chi connectivity index (χ2n) is 7.15. The number of hydrogen-bond acceptors (Lipinski definition) is 1. The van der Waals surface area contributed by atoms with Crippen molar-refractivity contribution >= 4 is 22.7 Å². The van der Waals surface area contributed by atoms with Crippen LogP contribution in [-0.2, 0) is 11.3 Å². The predicted molar refractivity (Wildman–Crippen MR) is 104 cm³/mol. The van der Waals surface area contributed by atoms with Crippen LogP contribution in [0.25, 0.3) is 11.1 Å². The average Bonchev–Trinajstić information content (AvgIpc) is 2.59. The van der Waals surface area contributed by atoms with Gasteiger partial charge < -0.3 is 4.90 Å². The van der Waals surface area contributed by atoms with E-state index in [2.05, 4.69) is 42.5 Å². The maximum atomic E-state index is 12.4. The van der Waals surface area contributed by atoms with Gasteiger partial charge in [-0.2, -0.15) is 0 Å². The van der Waals surface area contributed by atoms with Crippen LogP contribution in [0.5, 0.6) is 0 Å². The molecule has 2 aliphatic rings. The van der Waals surface area contributed by atoms with Gasteiger partial charge in [0, 0.05) is 12.5 Å². The molecule has 1 amide bonds. The second kappa shape index (κ2) is 6.87. The number of carbonyl (C=O) groups is 1. The molecule has 0 saturated carbocycles. The highest BCUT2D eigenvalue weighted by Crippen LogP contribution is 2.43. The predicted octanol–water partition coefficient (Wildman–Crippen LogP) is 5.82. The normalized spacial score (nSPS) is 20.3. The Labute approximate surface area is 150 Å². The molecular formula is C23H25NO. The number of benzene rings is 2. The van der Waals surface area contributed by atoms with Crippen LogP contribution in [0.3, 0.4) is 0 Å². The van der Waals surface area contributed by atoms with Crippen molar-refractivity contribution in [2.75, 3.05) is 4.90 Å². The summed E-state index contributed by atoms with van der Waals surface area (Å²) in [7, 11) is 0. The Morgan fingerprint density at radius 2 is 1.40 bits per heavy atom. The first-order valence-electron chi connectivity index (χ1n) is 9.43. The summed E-state index contributed by atoms with van der Waals surface area (Å²) in [5.74, 6) is 0.108. The van der Waals surface area contributed by atoms with Gasteiger partial charge in [0.25, 0.3) is 0 Å². The van der Waals surface area contributed by atoms with Gasteiger partial charge in [0.1, 0.15) is 0 Å². The van der Waals surface area contributed by atoms with E-state index < -0.39 is 0 Å². The molecule has 1 heterocycles. The Morgan fingerprint density at radius 1 is 0.800 bits per heavy atom. The molecule has 2 aromatic rings. The van der Waals surface area contributed by atoms with Crippen molar-refractivity contribution in [3.63, 3.8) is 0 Å². The third kappa shape index (κ3) is 3.02. The lowest BCUT2D eigenvalue weighted by Gasteiger charge is -2.31. The van der Waals surface area contributed by atoms with Crippen molar-refractivity contribution in [1.29, 1.82) is 0 Å². The zero-order valence-electron chi connectivity index (χ0n) is 14.9. The number of amides is 1. The van der Waals surface area contributed by atoms with Crippen LogP contribution in [0.15, 0.2) is 48.5 Å². The Kier molecular flexibility index (Phi) is 4.44. The third-order valence-corrected chi connectivity index (χ3v) is 5.54. The van der Waals surface area contributed by atoms with Gasteiger partial charge in [-0.3, -0.25) is 4.79 Å². The maximum Gasteiger partial charge on any atom is 0.224 e. The lowest BCUT2D eigenvalue weighted by molar-refractivity contribution is -0.116. The molecule has 4 rings (SSSR count). The lowest BCUT2D eigenvalue weighted by atomic mass is 9.82. The molecule has 2 nitrogen and oxygen atoms in total. The summed E-state index contributed by atoms with van der Waals surface area (Å²) in [5, 5.41) is 0. The van der Waals surface area contributed by atoms with Crippen molar-refractivity contribution in [2.45, 2.75) is 52.0 Å². The van der Waals surface area contributed by atoms with Gasteiger partial charge >= 0.3 is 0 Å². The van der Waals surface area contributed by atoms with E-state index in [-0.39, 0.29) is 5.91 Å². The van der Waals surface area contributed by atoms with Crippen LogP contribution < -0.4 is 4.90 Å². The van der Waals surface area contributed by atoms with Gasteiger partial charge in [0.05, 0.1) is 12.2 Å². The van der Waals surface area contributed by atoms with Gasteiger partial charge in [-0.15, -0.1) is 0 Å². The minimum absolute atomic E-state index is 0.108. The molecule has 1 aliphatic heterocycles. The second-order valence-corrected chi connectivity index (χ2v) is 7.15. The lowest BCUT2D eigenvalue weighted by Crippen LogP contribution is -2.30. The van der Waals surface area contributed by atoms with E-state index in [0.717, 1.165) is 18.5 Å². The smallest absolute Gasteiger partial charge is 0.224 e. The first-order valence-corrected chi connectivity index (χ1v) is 9.43. The third-order valence-electron chi connectivity index (χ3n) is 5.54. The fraction of sp³-hybridized carbons (Fsp3) is 0.348. The van der Waals surface area contributed by atoms with E-state index >= 15 is 0 Å². The van der Waals surface area contributed by atoms with E-state index in [1.165, 1.54) is 53.5 Å². The van der Waals surface area contributed by atoms with Crippen molar-refractivity contribution in [1.82, 2.24) is 0 Å². The summed E-state index contributed by atoms with van der Waals surface area (Å²) in [6.07, 6.45) is 7.35. The minimum Gasteiger partial charge on any atom is -0.308 e. The molecule has 0 atom stereocenters. The number of hydrogen-bond donors (Lipinski definition) is 0. The number of carbonyl (C=O) groups excluding carboxylic acids is 1. The molecule has 0 spiro atoms. The molecule has 0 unspecified atom stereocenters. The SMILES string of the molecule is CC(=O)N1Cc2ccccc2/C2=C(/CCCCCC2)c2ccccc21. The molecule has 25 heavy (non-hydrogen) atoms. The number of para-hydroxylation sites is 1. The maximum absolute atomic E-state index is 12.4. The highest BCUT2D eigenvalue weighted by molar-refractivity contribution is 6.01. The van der Waals surface area contributed by atoms with Crippen LogP contribution in [-0.4, -0.2) is 5.91 Å². The van der Waals surface area contributed by atoms with Gasteiger partial charge in [-0.25, -0.2) is 0 Å². The van der Waals surface area contributed by atoms with Crippen molar-refractivity contribution < 1.29 is 4.79 Å². The molecular weight excluding hydrogens is 306 g/mol. The van der Waals surface area contributed by atoms with Gasteiger partial charge in [-0.05, 0) is 54.0 Å². The van der Waals surface area contributed by atoms with E-state index in [4.69, 9.17) is 0 Å². The first-order chi connectivity index (χ1) is 12.3. The summed E-state index contributed by atoms with van der Waals surface area (Å²) < 4.78 is 0. The number of fused-ring (bicyclic) bond motifs is 4. The van der Waals surface area contributed by atoms with Crippen molar-refractivity contribution in [3.05, 3.63) is 65.2 Å². The molecule has 2 aromatic carbocycles. The standard InChI is InChI=1S/C23H25NO/c1-17(25)24-16-18-10-6-7-11-19(18)20-12-4-2-3-5-13-21(20)22-14-8-9-15-23(22)24/h6-11,14-15H,2-5,12-13,16H2,1H3/b21-20-. The Hall–Kier alpha value is -2.35. The monoisotopic (exact) mass is 331 g/mol. The van der Waals surface area contributed by atoms with Crippen molar-refractivity contribution in [2.24, 2.45) is 0 Å². The zero-order chi connectivity index (χ0) is 17.2. The summed E-state index contributed by atoms with van der Waals surface area (Å²) in [6, 6.07) is 17.1. The highest BCUT2D eigenvalue weighted by atomic mass is 16.2. The Morgan fingerprint density at radius 3 is 2.12 bits per heavy atom. The summed E-state index contributed by atoms with van der Waals surface area (Å²) >= 11 is 0. The number of allylic oxidation sites excluding steroid dienone is 2. The molecule has 0 saturated heterocycles. The molecule has 0 bridgehead atoms. The first kappa shape index (κ1) is 16.1. The van der Waals surface area contributed by atoms with Gasteiger partial charge in [-0.1, -0.05) is 55.3 Å². The number of rotatable bonds is 0. The minimum atomic E-state index is 0.108. The zero-order valence-corrected chi connectivity index (χ0v) is 14.9.